The summed E-state index contributed by atoms with van der Waals surface area (Å²) in [5, 5.41) is 19.2. The van der Waals surface area contributed by atoms with Crippen LogP contribution in [0.4, 0.5) is 4.39 Å². The lowest BCUT2D eigenvalue weighted by Crippen LogP contribution is -2.29. The second kappa shape index (κ2) is 5.86. The smallest absolute Gasteiger partial charge is 0.166 e. The van der Waals surface area contributed by atoms with Crippen LogP contribution in [0.5, 0.6) is 0 Å². The Hall–Kier alpha value is -2.49. The van der Waals surface area contributed by atoms with Crippen molar-refractivity contribution in [1.82, 2.24) is 24.5 Å². The van der Waals surface area contributed by atoms with Crippen LogP contribution in [0.15, 0.2) is 37.2 Å². The highest BCUT2D eigenvalue weighted by Gasteiger charge is 2.45. The van der Waals surface area contributed by atoms with Crippen molar-refractivity contribution in [2.75, 3.05) is 6.61 Å². The summed E-state index contributed by atoms with van der Waals surface area (Å²) in [7, 11) is 0. The Kier molecular flexibility index (Phi) is 3.68. The summed E-state index contributed by atoms with van der Waals surface area (Å²) in [6.45, 7) is -0.517. The maximum Gasteiger partial charge on any atom is 0.166 e. The summed E-state index contributed by atoms with van der Waals surface area (Å²) in [4.78, 5) is 16.8. The Balaban J connectivity index is 1.80. The number of fused-ring (bicyclic) bond motifs is 1. The van der Waals surface area contributed by atoms with Crippen LogP contribution < -0.4 is 0 Å². The van der Waals surface area contributed by atoms with Gasteiger partial charge in [0.2, 0.25) is 0 Å². The van der Waals surface area contributed by atoms with E-state index in [-0.39, 0.29) is 0 Å². The van der Waals surface area contributed by atoms with Crippen molar-refractivity contribution in [1.29, 1.82) is 0 Å². The Morgan fingerprint density at radius 3 is 2.88 bits per heavy atom. The summed E-state index contributed by atoms with van der Waals surface area (Å²) in [5.74, 6) is 0. The number of alkyl halides is 1. The van der Waals surface area contributed by atoms with Gasteiger partial charge in [0.25, 0.3) is 0 Å². The molecule has 1 aliphatic rings. The molecule has 0 aromatic carbocycles. The van der Waals surface area contributed by atoms with Crippen LogP contribution in [0.1, 0.15) is 6.23 Å². The number of imidazole rings is 1. The van der Waals surface area contributed by atoms with Crippen molar-refractivity contribution in [2.24, 2.45) is 0 Å². The van der Waals surface area contributed by atoms with E-state index in [0.29, 0.717) is 16.9 Å². The van der Waals surface area contributed by atoms with E-state index in [9.17, 15) is 9.50 Å². The molecule has 4 heterocycles. The van der Waals surface area contributed by atoms with Gasteiger partial charge >= 0.3 is 0 Å². The zero-order valence-electron chi connectivity index (χ0n) is 12.4. The second-order valence-electron chi connectivity index (χ2n) is 5.47. The lowest BCUT2D eigenvalue weighted by Gasteiger charge is -2.16. The normalized spacial score (nSPS) is 27.0. The maximum atomic E-state index is 14.0. The molecule has 0 bridgehead atoms. The number of aromatic nitrogens is 5. The summed E-state index contributed by atoms with van der Waals surface area (Å²) < 4.78 is 20.8. The molecule has 0 amide bonds. The maximum absolute atomic E-state index is 14.0. The molecule has 1 saturated heterocycles. The molecule has 2 N–H and O–H groups in total. The van der Waals surface area contributed by atoms with E-state index in [4.69, 9.17) is 9.84 Å². The van der Waals surface area contributed by atoms with Crippen molar-refractivity contribution >= 4 is 11.2 Å². The van der Waals surface area contributed by atoms with Crippen molar-refractivity contribution in [3.05, 3.63) is 37.2 Å². The summed E-state index contributed by atoms with van der Waals surface area (Å²) in [5.41, 5.74) is 2.23. The first-order chi connectivity index (χ1) is 11.7. The fourth-order valence-corrected chi connectivity index (χ4v) is 2.84. The number of pyridine rings is 1. The standard InChI is InChI=1S/C15H14FN5O3/c16-10-9(5-22)24-15(13(10)23)21-7-20-12-11(18-6-19-14(12)21)8-2-1-3-17-4-8/h1-4,6-7,9-10,13,15,22-23H,5H2/t9-,10-,13-,15-/m1/s1. The molecule has 0 aliphatic carbocycles. The van der Waals surface area contributed by atoms with Crippen LogP contribution in [0.25, 0.3) is 22.4 Å². The first-order valence-corrected chi connectivity index (χ1v) is 7.37. The van der Waals surface area contributed by atoms with E-state index in [1.54, 1.807) is 18.5 Å². The zero-order chi connectivity index (χ0) is 16.7. The van der Waals surface area contributed by atoms with Crippen LogP contribution in [-0.2, 0) is 4.74 Å². The number of ether oxygens (including phenoxy) is 1. The van der Waals surface area contributed by atoms with Gasteiger partial charge in [-0.25, -0.2) is 19.3 Å². The molecule has 9 heteroatoms. The number of hydrogen-bond donors (Lipinski definition) is 2. The molecule has 1 aliphatic heterocycles. The molecule has 4 rings (SSSR count). The molecule has 3 aromatic heterocycles. The molecular weight excluding hydrogens is 317 g/mol. The minimum absolute atomic E-state index is 0.402. The van der Waals surface area contributed by atoms with E-state index in [1.807, 2.05) is 6.07 Å². The fourth-order valence-electron chi connectivity index (χ4n) is 2.84. The van der Waals surface area contributed by atoms with Gasteiger partial charge in [0.15, 0.2) is 18.0 Å². The van der Waals surface area contributed by atoms with E-state index < -0.39 is 31.2 Å². The predicted octanol–water partition coefficient (Wildman–Crippen LogP) is 0.477. The molecular formula is C15H14FN5O3. The first kappa shape index (κ1) is 15.1. The van der Waals surface area contributed by atoms with Crippen molar-refractivity contribution < 1.29 is 19.3 Å². The molecule has 0 unspecified atom stereocenters. The van der Waals surface area contributed by atoms with Crippen LogP contribution in [0, 0.1) is 0 Å². The predicted molar refractivity (Wildman–Crippen MR) is 80.5 cm³/mol. The summed E-state index contributed by atoms with van der Waals surface area (Å²) >= 11 is 0. The molecule has 124 valence electrons. The molecule has 8 nitrogen and oxygen atoms in total. The van der Waals surface area contributed by atoms with Gasteiger partial charge in [0.05, 0.1) is 12.9 Å². The van der Waals surface area contributed by atoms with E-state index >= 15 is 0 Å². The highest BCUT2D eigenvalue weighted by molar-refractivity contribution is 5.86. The Bertz CT molecular complexity index is 859. The SMILES string of the molecule is OC[C@H]1O[C@@H](n2cnc3c(-c4cccnc4)ncnc32)[C@H](O)[C@@H]1F. The lowest BCUT2D eigenvalue weighted by atomic mass is 10.1. The third-order valence-electron chi connectivity index (χ3n) is 4.04. The fraction of sp³-hybridized carbons (Fsp3) is 0.333. The van der Waals surface area contributed by atoms with Crippen molar-refractivity contribution in [3.8, 4) is 11.3 Å². The first-order valence-electron chi connectivity index (χ1n) is 7.37. The van der Waals surface area contributed by atoms with Crippen molar-refractivity contribution in [2.45, 2.75) is 24.6 Å². The van der Waals surface area contributed by atoms with Crippen LogP contribution in [0.3, 0.4) is 0 Å². The number of aliphatic hydroxyl groups excluding tert-OH is 2. The number of hydrogen-bond acceptors (Lipinski definition) is 7. The molecule has 3 aromatic rings. The largest absolute Gasteiger partial charge is 0.394 e. The third kappa shape index (κ3) is 2.25. The zero-order valence-corrected chi connectivity index (χ0v) is 12.4. The Morgan fingerprint density at radius 1 is 1.29 bits per heavy atom. The number of aliphatic hydroxyl groups is 2. The van der Waals surface area contributed by atoms with Gasteiger partial charge in [-0.15, -0.1) is 0 Å². The average molecular weight is 331 g/mol. The molecule has 24 heavy (non-hydrogen) atoms. The lowest BCUT2D eigenvalue weighted by molar-refractivity contribution is -0.0495. The van der Waals surface area contributed by atoms with Gasteiger partial charge in [0, 0.05) is 18.0 Å². The van der Waals surface area contributed by atoms with Gasteiger partial charge in [-0.05, 0) is 12.1 Å². The average Bonchev–Trinajstić information content (AvgIpc) is 3.17. The Morgan fingerprint density at radius 2 is 2.17 bits per heavy atom. The Labute approximate surface area is 135 Å². The highest BCUT2D eigenvalue weighted by Crippen LogP contribution is 2.34. The van der Waals surface area contributed by atoms with Gasteiger partial charge in [-0.2, -0.15) is 0 Å². The summed E-state index contributed by atoms with van der Waals surface area (Å²) in [6.07, 6.45) is 0.885. The van der Waals surface area contributed by atoms with Gasteiger partial charge in [-0.1, -0.05) is 0 Å². The number of rotatable bonds is 3. The van der Waals surface area contributed by atoms with Crippen molar-refractivity contribution in [3.63, 3.8) is 0 Å². The molecule has 0 radical (unpaired) electrons. The minimum atomic E-state index is -1.68. The quantitative estimate of drug-likeness (QED) is 0.719. The molecule has 0 spiro atoms. The topological polar surface area (TPSA) is 106 Å². The molecule has 0 saturated carbocycles. The van der Waals surface area contributed by atoms with Gasteiger partial charge in [-0.3, -0.25) is 9.55 Å². The minimum Gasteiger partial charge on any atom is -0.394 e. The van der Waals surface area contributed by atoms with Crippen LogP contribution >= 0.6 is 0 Å². The van der Waals surface area contributed by atoms with E-state index in [2.05, 4.69) is 19.9 Å². The highest BCUT2D eigenvalue weighted by atomic mass is 19.1. The third-order valence-corrected chi connectivity index (χ3v) is 4.04. The molecule has 4 atom stereocenters. The number of halogens is 1. The van der Waals surface area contributed by atoms with Crippen LogP contribution in [-0.4, -0.2) is 59.7 Å². The number of nitrogens with zero attached hydrogens (tertiary/aromatic N) is 5. The monoisotopic (exact) mass is 331 g/mol. The van der Waals surface area contributed by atoms with Gasteiger partial charge < -0.3 is 14.9 Å². The van der Waals surface area contributed by atoms with Gasteiger partial charge in [0.1, 0.15) is 29.7 Å². The van der Waals surface area contributed by atoms with Crippen LogP contribution in [0.2, 0.25) is 0 Å². The second-order valence-corrected chi connectivity index (χ2v) is 5.47. The van der Waals surface area contributed by atoms with E-state index in [1.165, 1.54) is 17.2 Å². The molecule has 1 fully saturated rings. The van der Waals surface area contributed by atoms with E-state index in [0.717, 1.165) is 5.56 Å². The summed E-state index contributed by atoms with van der Waals surface area (Å²) in [6, 6.07) is 3.62.